The number of nitrogens with zero attached hydrogens (tertiary/aromatic N) is 7. The highest BCUT2D eigenvalue weighted by Crippen LogP contribution is 2.24. The van der Waals surface area contributed by atoms with Crippen LogP contribution in [0.1, 0.15) is 0 Å². The first-order chi connectivity index (χ1) is 15.7. The molecule has 5 rings (SSSR count). The minimum atomic E-state index is -0.292. The van der Waals surface area contributed by atoms with Gasteiger partial charge in [-0.25, -0.2) is 19.0 Å². The Bertz CT molecular complexity index is 1290. The molecule has 1 fully saturated rings. The van der Waals surface area contributed by atoms with Gasteiger partial charge >= 0.3 is 0 Å². The van der Waals surface area contributed by atoms with Crippen molar-refractivity contribution >= 4 is 16.7 Å². The molecule has 3 aromatic heterocycles. The van der Waals surface area contributed by atoms with Gasteiger partial charge in [-0.3, -0.25) is 14.7 Å². The van der Waals surface area contributed by atoms with E-state index in [-0.39, 0.29) is 11.4 Å². The first-order valence-electron chi connectivity index (χ1n) is 10.5. The third-order valence-corrected chi connectivity index (χ3v) is 5.72. The summed E-state index contributed by atoms with van der Waals surface area (Å²) in [5.41, 5.74) is 2.30. The molecule has 0 N–H and O–H groups in total. The molecule has 8 nitrogen and oxygen atoms in total. The van der Waals surface area contributed by atoms with E-state index in [0.29, 0.717) is 6.54 Å². The molecule has 0 unspecified atom stereocenters. The quantitative estimate of drug-likeness (QED) is 0.479. The molecule has 0 amide bonds. The number of hydrogen-bond donors (Lipinski definition) is 0. The number of rotatable bonds is 5. The van der Waals surface area contributed by atoms with Crippen molar-refractivity contribution in [2.45, 2.75) is 6.54 Å². The van der Waals surface area contributed by atoms with E-state index < -0.39 is 0 Å². The van der Waals surface area contributed by atoms with Gasteiger partial charge in [0.05, 0.1) is 17.8 Å². The summed E-state index contributed by atoms with van der Waals surface area (Å²) in [5.74, 6) is 0.469. The van der Waals surface area contributed by atoms with Crippen LogP contribution in [0, 0.1) is 5.82 Å². The Morgan fingerprint density at radius 3 is 2.53 bits per heavy atom. The van der Waals surface area contributed by atoms with Crippen molar-refractivity contribution in [1.82, 2.24) is 29.6 Å². The van der Waals surface area contributed by atoms with E-state index >= 15 is 0 Å². The van der Waals surface area contributed by atoms with Crippen molar-refractivity contribution in [3.63, 3.8) is 0 Å². The zero-order valence-electron chi connectivity index (χ0n) is 17.4. The molecular formula is C23H22FN7O. The highest BCUT2D eigenvalue weighted by Gasteiger charge is 2.20. The Morgan fingerprint density at radius 1 is 0.906 bits per heavy atom. The average Bonchev–Trinajstić information content (AvgIpc) is 2.84. The fourth-order valence-electron chi connectivity index (χ4n) is 3.97. The molecule has 0 saturated carbocycles. The summed E-state index contributed by atoms with van der Waals surface area (Å²) < 4.78 is 15.3. The molecule has 1 aliphatic rings. The van der Waals surface area contributed by atoms with Crippen LogP contribution in [0.15, 0.2) is 66.0 Å². The van der Waals surface area contributed by atoms with Crippen LogP contribution in [-0.4, -0.2) is 62.4 Å². The fraction of sp³-hybridized carbons (Fsp3) is 0.261. The molecule has 0 bridgehead atoms. The van der Waals surface area contributed by atoms with E-state index in [1.54, 1.807) is 30.6 Å². The van der Waals surface area contributed by atoms with Crippen molar-refractivity contribution in [3.05, 3.63) is 77.4 Å². The molecule has 0 aliphatic carbocycles. The standard InChI is InChI=1S/C23H22FN7O/c24-18-1-2-21-19(15-18)23(27-16-26-21)30-12-9-29(10-13-30)11-14-31-22(32)4-3-20(28-31)17-5-7-25-8-6-17/h1-8,15-16H,9-14H2. The molecule has 0 radical (unpaired) electrons. The molecule has 162 valence electrons. The average molecular weight is 431 g/mol. The van der Waals surface area contributed by atoms with Crippen molar-refractivity contribution in [3.8, 4) is 11.3 Å². The summed E-state index contributed by atoms with van der Waals surface area (Å²) in [6.45, 7) is 4.41. The number of halogens is 1. The van der Waals surface area contributed by atoms with Crippen LogP contribution in [0.4, 0.5) is 10.2 Å². The SMILES string of the molecule is O=c1ccc(-c2ccncc2)nn1CCN1CCN(c2ncnc3ccc(F)cc23)CC1. The van der Waals surface area contributed by atoms with Crippen molar-refractivity contribution in [1.29, 1.82) is 0 Å². The minimum Gasteiger partial charge on any atom is -0.353 e. The first-order valence-corrected chi connectivity index (χ1v) is 10.5. The number of benzene rings is 1. The molecule has 4 aromatic rings. The summed E-state index contributed by atoms with van der Waals surface area (Å²) >= 11 is 0. The van der Waals surface area contributed by atoms with Crippen LogP contribution in [0.3, 0.4) is 0 Å². The molecular weight excluding hydrogens is 409 g/mol. The molecule has 0 spiro atoms. The summed E-state index contributed by atoms with van der Waals surface area (Å²) in [5, 5.41) is 5.25. The van der Waals surface area contributed by atoms with Crippen LogP contribution in [0.2, 0.25) is 0 Å². The van der Waals surface area contributed by atoms with Crippen LogP contribution in [-0.2, 0) is 6.54 Å². The second-order valence-corrected chi connectivity index (χ2v) is 7.70. The lowest BCUT2D eigenvalue weighted by Crippen LogP contribution is -2.48. The zero-order valence-corrected chi connectivity index (χ0v) is 17.4. The Morgan fingerprint density at radius 2 is 1.72 bits per heavy atom. The largest absolute Gasteiger partial charge is 0.353 e. The number of anilines is 1. The van der Waals surface area contributed by atoms with Gasteiger partial charge in [0.1, 0.15) is 18.0 Å². The number of piperazine rings is 1. The number of aromatic nitrogens is 5. The predicted octanol–water partition coefficient (Wildman–Crippen LogP) is 2.21. The lowest BCUT2D eigenvalue weighted by molar-refractivity contribution is 0.242. The number of pyridine rings is 1. The highest BCUT2D eigenvalue weighted by atomic mass is 19.1. The summed E-state index contributed by atoms with van der Waals surface area (Å²) in [6, 6.07) is 11.6. The second kappa shape index (κ2) is 8.80. The Hall–Kier alpha value is -3.72. The topological polar surface area (TPSA) is 80.0 Å². The van der Waals surface area contributed by atoms with Crippen LogP contribution in [0.5, 0.6) is 0 Å². The molecule has 1 aliphatic heterocycles. The fourth-order valence-corrected chi connectivity index (χ4v) is 3.97. The first kappa shape index (κ1) is 20.2. The maximum Gasteiger partial charge on any atom is 0.266 e. The van der Waals surface area contributed by atoms with Crippen LogP contribution in [0.25, 0.3) is 22.2 Å². The van der Waals surface area contributed by atoms with Gasteiger partial charge in [-0.1, -0.05) is 0 Å². The monoisotopic (exact) mass is 431 g/mol. The van der Waals surface area contributed by atoms with Gasteiger partial charge in [-0.05, 0) is 36.4 Å². The maximum atomic E-state index is 13.8. The Labute approximate surface area is 184 Å². The van der Waals surface area contributed by atoms with Crippen molar-refractivity contribution in [2.24, 2.45) is 0 Å². The van der Waals surface area contributed by atoms with E-state index in [9.17, 15) is 9.18 Å². The lowest BCUT2D eigenvalue weighted by Gasteiger charge is -2.35. The maximum absolute atomic E-state index is 13.8. The van der Waals surface area contributed by atoms with E-state index in [4.69, 9.17) is 0 Å². The third kappa shape index (κ3) is 4.19. The van der Waals surface area contributed by atoms with Gasteiger partial charge in [-0.2, -0.15) is 5.10 Å². The lowest BCUT2D eigenvalue weighted by atomic mass is 10.2. The molecule has 1 saturated heterocycles. The summed E-state index contributed by atoms with van der Waals surface area (Å²) in [7, 11) is 0. The Balaban J connectivity index is 1.24. The normalized spacial score (nSPS) is 14.7. The van der Waals surface area contributed by atoms with Gasteiger partial charge in [0.25, 0.3) is 5.56 Å². The molecule has 0 atom stereocenters. The second-order valence-electron chi connectivity index (χ2n) is 7.70. The minimum absolute atomic E-state index is 0.115. The predicted molar refractivity (Wildman–Crippen MR) is 120 cm³/mol. The van der Waals surface area contributed by atoms with E-state index in [2.05, 4.69) is 29.9 Å². The van der Waals surface area contributed by atoms with Gasteiger partial charge in [0, 0.05) is 62.1 Å². The highest BCUT2D eigenvalue weighted by molar-refractivity contribution is 5.89. The number of hydrogen-bond acceptors (Lipinski definition) is 7. The smallest absolute Gasteiger partial charge is 0.266 e. The van der Waals surface area contributed by atoms with Crippen molar-refractivity contribution in [2.75, 3.05) is 37.6 Å². The van der Waals surface area contributed by atoms with Crippen molar-refractivity contribution < 1.29 is 4.39 Å². The van der Waals surface area contributed by atoms with Gasteiger partial charge in [0.15, 0.2) is 0 Å². The number of fused-ring (bicyclic) bond motifs is 1. The van der Waals surface area contributed by atoms with Crippen LogP contribution >= 0.6 is 0 Å². The summed E-state index contributed by atoms with van der Waals surface area (Å²) in [6.07, 6.45) is 4.94. The third-order valence-electron chi connectivity index (χ3n) is 5.72. The van der Waals surface area contributed by atoms with E-state index in [1.165, 1.54) is 23.1 Å². The van der Waals surface area contributed by atoms with Gasteiger partial charge < -0.3 is 4.90 Å². The summed E-state index contributed by atoms with van der Waals surface area (Å²) in [4.78, 5) is 29.4. The molecule has 1 aromatic carbocycles. The van der Waals surface area contributed by atoms with E-state index in [0.717, 1.165) is 60.7 Å². The van der Waals surface area contributed by atoms with Gasteiger partial charge in [0.2, 0.25) is 0 Å². The van der Waals surface area contributed by atoms with Crippen LogP contribution < -0.4 is 10.5 Å². The Kier molecular flexibility index (Phi) is 5.55. The molecule has 32 heavy (non-hydrogen) atoms. The van der Waals surface area contributed by atoms with E-state index in [1.807, 2.05) is 12.1 Å². The molecule has 4 heterocycles. The van der Waals surface area contributed by atoms with Gasteiger partial charge in [-0.15, -0.1) is 0 Å². The molecule has 9 heteroatoms. The zero-order chi connectivity index (χ0) is 21.9.